The van der Waals surface area contributed by atoms with Crippen LogP contribution in [-0.4, -0.2) is 23.8 Å². The van der Waals surface area contributed by atoms with Crippen molar-refractivity contribution in [1.82, 2.24) is 5.32 Å². The Kier molecular flexibility index (Phi) is 3.52. The highest BCUT2D eigenvalue weighted by atomic mass is 16.2. The summed E-state index contributed by atoms with van der Waals surface area (Å²) in [6.45, 7) is 4.02. The van der Waals surface area contributed by atoms with Crippen LogP contribution in [0.2, 0.25) is 0 Å². The monoisotopic (exact) mass is 375 g/mol. The van der Waals surface area contributed by atoms with E-state index >= 15 is 0 Å². The summed E-state index contributed by atoms with van der Waals surface area (Å²) in [4.78, 5) is 41.4. The molecule has 0 bridgehead atoms. The second kappa shape index (κ2) is 5.75. The van der Waals surface area contributed by atoms with Gasteiger partial charge in [-0.15, -0.1) is 0 Å². The number of anilines is 2. The number of rotatable bonds is 2. The van der Waals surface area contributed by atoms with E-state index in [1.807, 2.05) is 44.2 Å². The van der Waals surface area contributed by atoms with Crippen molar-refractivity contribution in [3.05, 3.63) is 60.2 Å². The molecule has 0 saturated carbocycles. The number of nitrogens with zero attached hydrogens (tertiary/aromatic N) is 1. The number of carbonyl (C=O) groups excluding carboxylic acids is 3. The van der Waals surface area contributed by atoms with Crippen LogP contribution in [0.15, 0.2) is 54.6 Å². The van der Waals surface area contributed by atoms with Crippen LogP contribution in [0.1, 0.15) is 19.4 Å². The fourth-order valence-electron chi connectivity index (χ4n) is 5.10. The van der Waals surface area contributed by atoms with Crippen molar-refractivity contribution in [2.45, 2.75) is 25.4 Å². The smallest absolute Gasteiger partial charge is 0.250 e. The van der Waals surface area contributed by atoms with Crippen LogP contribution in [0.5, 0.6) is 0 Å². The number of fused-ring (bicyclic) bond motifs is 4. The first kappa shape index (κ1) is 17.1. The third kappa shape index (κ3) is 1.98. The van der Waals surface area contributed by atoms with Gasteiger partial charge in [0.1, 0.15) is 5.54 Å². The molecule has 0 aliphatic carbocycles. The molecule has 3 aliphatic heterocycles. The summed E-state index contributed by atoms with van der Waals surface area (Å²) in [7, 11) is 0. The topological polar surface area (TPSA) is 78.5 Å². The minimum absolute atomic E-state index is 0.0833. The maximum atomic E-state index is 13.6. The Morgan fingerprint density at radius 1 is 0.929 bits per heavy atom. The SMILES string of the molecule is CC(C)[C@H]1N[C@]2(C(=O)Nc3ccccc32)[C@@H]2C(=O)N(c3ccccc3)C(=O)[C@H]12. The molecule has 3 amide bonds. The normalized spacial score (nSPS) is 30.9. The van der Waals surface area contributed by atoms with E-state index in [0.717, 1.165) is 5.56 Å². The molecule has 28 heavy (non-hydrogen) atoms. The van der Waals surface area contributed by atoms with Gasteiger partial charge >= 0.3 is 0 Å². The molecule has 6 nitrogen and oxygen atoms in total. The zero-order chi connectivity index (χ0) is 19.6. The number of nitrogens with one attached hydrogen (secondary N) is 2. The highest BCUT2D eigenvalue weighted by Crippen LogP contribution is 2.54. The van der Waals surface area contributed by atoms with Gasteiger partial charge < -0.3 is 5.32 Å². The van der Waals surface area contributed by atoms with Crippen molar-refractivity contribution in [2.24, 2.45) is 17.8 Å². The molecular formula is C22H21N3O3. The number of amides is 3. The third-order valence-electron chi connectivity index (χ3n) is 6.29. The first-order valence-corrected chi connectivity index (χ1v) is 9.58. The minimum Gasteiger partial charge on any atom is -0.324 e. The van der Waals surface area contributed by atoms with E-state index in [1.165, 1.54) is 4.90 Å². The van der Waals surface area contributed by atoms with Crippen LogP contribution >= 0.6 is 0 Å². The van der Waals surface area contributed by atoms with Crippen molar-refractivity contribution in [3.63, 3.8) is 0 Å². The standard InChI is InChI=1S/C22H21N3O3/c1-12(2)18-16-17(20(27)25(19(16)26)13-8-4-3-5-9-13)22(24-18)14-10-6-7-11-15(14)23-21(22)28/h3-12,16-18,24H,1-2H3,(H,23,28)/t16-,17-,18+,22-/m0/s1. The summed E-state index contributed by atoms with van der Waals surface area (Å²) in [5.74, 6) is -2.08. The van der Waals surface area contributed by atoms with Gasteiger partial charge in [-0.3, -0.25) is 19.7 Å². The zero-order valence-electron chi connectivity index (χ0n) is 15.7. The van der Waals surface area contributed by atoms with Crippen LogP contribution < -0.4 is 15.5 Å². The van der Waals surface area contributed by atoms with E-state index in [4.69, 9.17) is 0 Å². The van der Waals surface area contributed by atoms with Gasteiger partial charge in [0.05, 0.1) is 17.5 Å². The number of hydrogen-bond acceptors (Lipinski definition) is 4. The van der Waals surface area contributed by atoms with Crippen molar-refractivity contribution in [3.8, 4) is 0 Å². The predicted octanol–water partition coefficient (Wildman–Crippen LogP) is 2.27. The molecule has 0 unspecified atom stereocenters. The van der Waals surface area contributed by atoms with Crippen LogP contribution in [0.3, 0.4) is 0 Å². The molecule has 3 heterocycles. The first-order chi connectivity index (χ1) is 13.5. The third-order valence-corrected chi connectivity index (χ3v) is 6.29. The lowest BCUT2D eigenvalue weighted by Gasteiger charge is -2.30. The first-order valence-electron chi connectivity index (χ1n) is 9.58. The number of carbonyl (C=O) groups is 3. The minimum atomic E-state index is -1.22. The second-order valence-electron chi connectivity index (χ2n) is 8.07. The van der Waals surface area contributed by atoms with Gasteiger partial charge in [0.2, 0.25) is 17.7 Å². The van der Waals surface area contributed by atoms with E-state index in [0.29, 0.717) is 11.4 Å². The Hall–Kier alpha value is -2.99. The summed E-state index contributed by atoms with van der Waals surface area (Å²) in [6.07, 6.45) is 0. The van der Waals surface area contributed by atoms with Crippen molar-refractivity contribution in [1.29, 1.82) is 0 Å². The van der Waals surface area contributed by atoms with Gasteiger partial charge in [-0.25, -0.2) is 4.90 Å². The van der Waals surface area contributed by atoms with Crippen LogP contribution in [0, 0.1) is 17.8 Å². The van der Waals surface area contributed by atoms with Crippen molar-refractivity contribution < 1.29 is 14.4 Å². The molecule has 4 atom stereocenters. The molecule has 0 aromatic heterocycles. The largest absolute Gasteiger partial charge is 0.324 e. The van der Waals surface area contributed by atoms with Gasteiger partial charge in [-0.1, -0.05) is 50.2 Å². The zero-order valence-corrected chi connectivity index (χ0v) is 15.7. The van der Waals surface area contributed by atoms with Crippen molar-refractivity contribution >= 4 is 29.1 Å². The second-order valence-corrected chi connectivity index (χ2v) is 8.07. The Bertz CT molecular complexity index is 1000. The molecular weight excluding hydrogens is 354 g/mol. The van der Waals surface area contributed by atoms with Crippen LogP contribution in [0.25, 0.3) is 0 Å². The van der Waals surface area contributed by atoms with Gasteiger partial charge in [0.25, 0.3) is 0 Å². The number of para-hydroxylation sites is 2. The van der Waals surface area contributed by atoms with Gasteiger partial charge in [-0.05, 0) is 24.1 Å². The Morgan fingerprint density at radius 3 is 2.32 bits per heavy atom. The van der Waals surface area contributed by atoms with E-state index in [2.05, 4.69) is 10.6 Å². The maximum absolute atomic E-state index is 13.6. The quantitative estimate of drug-likeness (QED) is 0.790. The number of imide groups is 1. The predicted molar refractivity (Wildman–Crippen MR) is 104 cm³/mol. The summed E-state index contributed by atoms with van der Waals surface area (Å²) in [5, 5.41) is 6.34. The fourth-order valence-corrected chi connectivity index (χ4v) is 5.10. The molecule has 142 valence electrons. The molecule has 3 aliphatic rings. The fraction of sp³-hybridized carbons (Fsp3) is 0.318. The summed E-state index contributed by atoms with van der Waals surface area (Å²) in [6, 6.07) is 16.1. The molecule has 6 heteroatoms. The molecule has 5 rings (SSSR count). The van der Waals surface area contributed by atoms with Crippen LogP contribution in [0.4, 0.5) is 11.4 Å². The lowest BCUT2D eigenvalue weighted by molar-refractivity contribution is -0.130. The average Bonchev–Trinajstić information content (AvgIpc) is 3.28. The van der Waals surface area contributed by atoms with Crippen molar-refractivity contribution in [2.75, 3.05) is 10.2 Å². The molecule has 2 fully saturated rings. The molecule has 0 radical (unpaired) electrons. The Labute approximate surface area is 162 Å². The van der Waals surface area contributed by atoms with Gasteiger partial charge in [0, 0.05) is 17.3 Å². The molecule has 2 aromatic rings. The van der Waals surface area contributed by atoms with E-state index < -0.39 is 17.4 Å². The Balaban J connectivity index is 1.70. The summed E-state index contributed by atoms with van der Waals surface area (Å²) < 4.78 is 0. The maximum Gasteiger partial charge on any atom is 0.250 e. The molecule has 2 aromatic carbocycles. The molecule has 1 spiro atoms. The van der Waals surface area contributed by atoms with E-state index in [9.17, 15) is 14.4 Å². The Morgan fingerprint density at radius 2 is 1.61 bits per heavy atom. The highest BCUT2D eigenvalue weighted by Gasteiger charge is 2.70. The van der Waals surface area contributed by atoms with E-state index in [-0.39, 0.29) is 29.7 Å². The van der Waals surface area contributed by atoms with Crippen LogP contribution in [-0.2, 0) is 19.9 Å². The van der Waals surface area contributed by atoms with Gasteiger partial charge in [0.15, 0.2) is 0 Å². The summed E-state index contributed by atoms with van der Waals surface area (Å²) >= 11 is 0. The number of hydrogen-bond donors (Lipinski definition) is 2. The molecule has 2 N–H and O–H groups in total. The molecule has 2 saturated heterocycles. The van der Waals surface area contributed by atoms with Gasteiger partial charge in [-0.2, -0.15) is 0 Å². The highest BCUT2D eigenvalue weighted by molar-refractivity contribution is 6.25. The average molecular weight is 375 g/mol. The lowest BCUT2D eigenvalue weighted by atomic mass is 9.76. The van der Waals surface area contributed by atoms with E-state index in [1.54, 1.807) is 24.3 Å². The number of benzene rings is 2. The lowest BCUT2D eigenvalue weighted by Crippen LogP contribution is -2.54. The summed E-state index contributed by atoms with van der Waals surface area (Å²) in [5.41, 5.74) is 0.777.